The molecule has 1 aromatic rings. The van der Waals surface area contributed by atoms with Gasteiger partial charge in [0.2, 0.25) is 5.75 Å². The van der Waals surface area contributed by atoms with Crippen LogP contribution in [0.1, 0.15) is 13.3 Å². The maximum absolute atomic E-state index is 11.0. The van der Waals surface area contributed by atoms with Gasteiger partial charge in [-0.05, 0) is 0 Å². The topological polar surface area (TPSA) is 98.1 Å². The Bertz CT molecular complexity index is 371. The number of ether oxygens (including phenoxy) is 1. The summed E-state index contributed by atoms with van der Waals surface area (Å²) in [6, 6.07) is 0. The number of nitrogens with one attached hydrogen (secondary N) is 1. The van der Waals surface area contributed by atoms with E-state index in [0.717, 1.165) is 6.20 Å². The van der Waals surface area contributed by atoms with Crippen LogP contribution in [0, 0.1) is 0 Å². The molecular formula is C7H9N3O3. The van der Waals surface area contributed by atoms with Crippen molar-refractivity contribution in [2.45, 2.75) is 13.3 Å². The van der Waals surface area contributed by atoms with Crippen LogP contribution in [0.3, 0.4) is 0 Å². The molecule has 0 amide bonds. The van der Waals surface area contributed by atoms with E-state index in [9.17, 15) is 9.59 Å². The van der Waals surface area contributed by atoms with Crippen molar-refractivity contribution >= 4 is 11.9 Å². The van der Waals surface area contributed by atoms with E-state index < -0.39 is 11.5 Å². The van der Waals surface area contributed by atoms with Gasteiger partial charge >= 0.3 is 5.97 Å². The van der Waals surface area contributed by atoms with Gasteiger partial charge in [-0.15, -0.1) is 0 Å². The Balaban J connectivity index is 2.90. The number of carbonyl (C=O) groups is 1. The number of nitrogen functional groups attached to an aromatic ring is 1. The summed E-state index contributed by atoms with van der Waals surface area (Å²) in [6.07, 6.45) is 1.31. The summed E-state index contributed by atoms with van der Waals surface area (Å²) in [7, 11) is 0. The summed E-state index contributed by atoms with van der Waals surface area (Å²) >= 11 is 0. The molecule has 6 heteroatoms. The van der Waals surface area contributed by atoms with E-state index in [1.54, 1.807) is 6.92 Å². The lowest BCUT2D eigenvalue weighted by Crippen LogP contribution is -2.17. The molecule has 0 aliphatic carbocycles. The largest absolute Gasteiger partial charge is 0.419 e. The van der Waals surface area contributed by atoms with E-state index in [1.807, 2.05) is 0 Å². The third kappa shape index (κ3) is 2.29. The summed E-state index contributed by atoms with van der Waals surface area (Å²) in [6.45, 7) is 1.63. The first kappa shape index (κ1) is 9.24. The van der Waals surface area contributed by atoms with E-state index in [0.29, 0.717) is 0 Å². The highest BCUT2D eigenvalue weighted by Crippen LogP contribution is 2.01. The number of aromatic nitrogens is 2. The number of nitrogens with zero attached hydrogens (tertiary/aromatic N) is 1. The Morgan fingerprint density at radius 3 is 3.00 bits per heavy atom. The van der Waals surface area contributed by atoms with Crippen molar-refractivity contribution in [3.05, 3.63) is 16.6 Å². The maximum Gasteiger partial charge on any atom is 0.311 e. The molecule has 0 radical (unpaired) electrons. The van der Waals surface area contributed by atoms with E-state index in [1.165, 1.54) is 0 Å². The number of carbonyl (C=O) groups excluding carboxylic acids is 1. The number of anilines is 1. The molecular weight excluding hydrogens is 174 g/mol. The first-order valence-corrected chi connectivity index (χ1v) is 3.69. The Kier molecular flexibility index (Phi) is 2.63. The molecule has 0 aliphatic heterocycles. The summed E-state index contributed by atoms with van der Waals surface area (Å²) in [5, 5.41) is 0. The van der Waals surface area contributed by atoms with Gasteiger partial charge in [-0.2, -0.15) is 0 Å². The normalized spacial score (nSPS) is 9.62. The summed E-state index contributed by atoms with van der Waals surface area (Å²) in [5.74, 6) is -0.639. The van der Waals surface area contributed by atoms with Crippen molar-refractivity contribution in [3.8, 4) is 5.75 Å². The molecule has 0 spiro atoms. The van der Waals surface area contributed by atoms with Crippen molar-refractivity contribution < 1.29 is 9.53 Å². The van der Waals surface area contributed by atoms with Crippen molar-refractivity contribution in [2.75, 3.05) is 5.73 Å². The zero-order chi connectivity index (χ0) is 9.84. The standard InChI is InChI=1S/C7H9N3O3/c1-2-5(11)13-4-3-9-7(8)10-6(4)12/h3H,2H2,1H3,(H3,8,9,10,12). The molecule has 0 atom stereocenters. The fourth-order valence-electron chi connectivity index (χ4n) is 0.665. The number of hydrogen-bond acceptors (Lipinski definition) is 5. The van der Waals surface area contributed by atoms with Crippen LogP contribution in [0.4, 0.5) is 5.95 Å². The average Bonchev–Trinajstić information content (AvgIpc) is 2.09. The number of nitrogens with two attached hydrogens (primary N) is 1. The third-order valence-corrected chi connectivity index (χ3v) is 1.30. The van der Waals surface area contributed by atoms with E-state index in [-0.39, 0.29) is 18.1 Å². The Labute approximate surface area is 73.7 Å². The molecule has 0 aliphatic rings. The smallest absolute Gasteiger partial charge is 0.311 e. The van der Waals surface area contributed by atoms with Gasteiger partial charge in [0.05, 0.1) is 6.20 Å². The molecule has 6 nitrogen and oxygen atoms in total. The SMILES string of the molecule is CCC(=O)Oc1cnc(N)[nH]c1=O. The van der Waals surface area contributed by atoms with Gasteiger partial charge in [0.25, 0.3) is 5.56 Å². The molecule has 3 N–H and O–H groups in total. The highest BCUT2D eigenvalue weighted by Gasteiger charge is 2.06. The minimum Gasteiger partial charge on any atom is -0.419 e. The number of esters is 1. The zero-order valence-corrected chi connectivity index (χ0v) is 7.03. The Morgan fingerprint density at radius 2 is 2.46 bits per heavy atom. The minimum absolute atomic E-state index is 0.0127. The van der Waals surface area contributed by atoms with Gasteiger partial charge in [0, 0.05) is 6.42 Å². The Morgan fingerprint density at radius 1 is 1.77 bits per heavy atom. The maximum atomic E-state index is 11.0. The molecule has 0 bridgehead atoms. The molecule has 1 heterocycles. The average molecular weight is 183 g/mol. The van der Waals surface area contributed by atoms with Gasteiger partial charge in [-0.1, -0.05) is 6.92 Å². The van der Waals surface area contributed by atoms with Crippen LogP contribution in [0.15, 0.2) is 11.0 Å². The molecule has 1 rings (SSSR count). The summed E-state index contributed by atoms with van der Waals surface area (Å²) < 4.78 is 4.65. The van der Waals surface area contributed by atoms with Crippen LogP contribution in [0.5, 0.6) is 5.75 Å². The number of aromatic amines is 1. The molecule has 0 aromatic carbocycles. The lowest BCUT2D eigenvalue weighted by molar-refractivity contribution is -0.134. The van der Waals surface area contributed by atoms with E-state index >= 15 is 0 Å². The lowest BCUT2D eigenvalue weighted by atomic mass is 10.5. The van der Waals surface area contributed by atoms with Crippen LogP contribution in [-0.4, -0.2) is 15.9 Å². The highest BCUT2D eigenvalue weighted by atomic mass is 16.5. The van der Waals surface area contributed by atoms with Crippen LogP contribution in [-0.2, 0) is 4.79 Å². The summed E-state index contributed by atoms with van der Waals surface area (Å²) in [5.41, 5.74) is 4.62. The predicted octanol–water partition coefficient (Wildman–Crippen LogP) is -0.333. The molecule has 13 heavy (non-hydrogen) atoms. The van der Waals surface area contributed by atoms with Gasteiger partial charge in [0.15, 0.2) is 5.95 Å². The molecule has 0 saturated heterocycles. The van der Waals surface area contributed by atoms with Crippen LogP contribution in [0.25, 0.3) is 0 Å². The van der Waals surface area contributed by atoms with Gasteiger partial charge < -0.3 is 10.5 Å². The summed E-state index contributed by atoms with van der Waals surface area (Å²) in [4.78, 5) is 27.6. The zero-order valence-electron chi connectivity index (χ0n) is 7.03. The first-order chi connectivity index (χ1) is 6.13. The van der Waals surface area contributed by atoms with Gasteiger partial charge in [-0.25, -0.2) is 4.98 Å². The van der Waals surface area contributed by atoms with E-state index in [2.05, 4.69) is 14.7 Å². The lowest BCUT2D eigenvalue weighted by Gasteiger charge is -2.00. The second-order valence-electron chi connectivity index (χ2n) is 2.29. The molecule has 1 aromatic heterocycles. The Hall–Kier alpha value is -1.85. The molecule has 0 unspecified atom stereocenters. The van der Waals surface area contributed by atoms with Crippen molar-refractivity contribution in [3.63, 3.8) is 0 Å². The third-order valence-electron chi connectivity index (χ3n) is 1.30. The van der Waals surface area contributed by atoms with Gasteiger partial charge in [-0.3, -0.25) is 14.6 Å². The second-order valence-corrected chi connectivity index (χ2v) is 2.29. The van der Waals surface area contributed by atoms with Crippen molar-refractivity contribution in [1.82, 2.24) is 9.97 Å². The second kappa shape index (κ2) is 3.70. The number of hydrogen-bond donors (Lipinski definition) is 2. The molecule has 0 fully saturated rings. The van der Waals surface area contributed by atoms with E-state index in [4.69, 9.17) is 5.73 Å². The van der Waals surface area contributed by atoms with Crippen LogP contribution in [0.2, 0.25) is 0 Å². The first-order valence-electron chi connectivity index (χ1n) is 3.69. The fraction of sp³-hybridized carbons (Fsp3) is 0.286. The highest BCUT2D eigenvalue weighted by molar-refractivity contribution is 5.71. The molecule has 0 saturated carbocycles. The van der Waals surface area contributed by atoms with Gasteiger partial charge in [0.1, 0.15) is 0 Å². The molecule has 70 valence electrons. The monoisotopic (exact) mass is 183 g/mol. The van der Waals surface area contributed by atoms with Crippen molar-refractivity contribution in [1.29, 1.82) is 0 Å². The number of rotatable bonds is 2. The van der Waals surface area contributed by atoms with Crippen LogP contribution >= 0.6 is 0 Å². The predicted molar refractivity (Wildman–Crippen MR) is 45.2 cm³/mol. The van der Waals surface area contributed by atoms with Crippen molar-refractivity contribution in [2.24, 2.45) is 0 Å². The number of H-pyrrole nitrogens is 1. The quantitative estimate of drug-likeness (QED) is 0.611. The minimum atomic E-state index is -0.561. The fourth-order valence-corrected chi connectivity index (χ4v) is 0.665. The van der Waals surface area contributed by atoms with Crippen LogP contribution < -0.4 is 16.0 Å².